The number of guanidine groups is 1. The van der Waals surface area contributed by atoms with Crippen LogP contribution in [0.3, 0.4) is 0 Å². The van der Waals surface area contributed by atoms with Gasteiger partial charge >= 0.3 is 6.09 Å². The van der Waals surface area contributed by atoms with Crippen LogP contribution in [0.4, 0.5) is 4.79 Å². The van der Waals surface area contributed by atoms with E-state index in [4.69, 9.17) is 4.74 Å². The average molecular weight is 381 g/mol. The van der Waals surface area contributed by atoms with E-state index in [-0.39, 0.29) is 12.1 Å². The van der Waals surface area contributed by atoms with Crippen molar-refractivity contribution in [3.63, 3.8) is 0 Å². The van der Waals surface area contributed by atoms with Crippen molar-refractivity contribution in [3.05, 3.63) is 22.4 Å². The third-order valence-electron chi connectivity index (χ3n) is 4.33. The number of carbonyl (C=O) groups excluding carboxylic acids is 1. The molecule has 2 unspecified atom stereocenters. The van der Waals surface area contributed by atoms with Crippen LogP contribution < -0.4 is 10.6 Å². The van der Waals surface area contributed by atoms with E-state index in [0.717, 1.165) is 31.9 Å². The lowest BCUT2D eigenvalue weighted by atomic mass is 10.1. The first kappa shape index (κ1) is 20.6. The maximum atomic E-state index is 12.3. The Balaban J connectivity index is 1.82. The van der Waals surface area contributed by atoms with Gasteiger partial charge in [0.25, 0.3) is 0 Å². The first-order valence-electron chi connectivity index (χ1n) is 9.25. The zero-order valence-corrected chi connectivity index (χ0v) is 17.4. The summed E-state index contributed by atoms with van der Waals surface area (Å²) >= 11 is 1.72. The van der Waals surface area contributed by atoms with Crippen LogP contribution in [0.15, 0.2) is 21.8 Å². The fourth-order valence-corrected chi connectivity index (χ4v) is 3.68. The minimum Gasteiger partial charge on any atom is -0.444 e. The number of ether oxygens (including phenoxy) is 1. The van der Waals surface area contributed by atoms with Crippen LogP contribution in [0.2, 0.25) is 0 Å². The molecule has 2 rings (SSSR count). The second-order valence-corrected chi connectivity index (χ2v) is 8.60. The lowest BCUT2D eigenvalue weighted by molar-refractivity contribution is 0.0193. The number of rotatable bonds is 4. The van der Waals surface area contributed by atoms with Crippen molar-refractivity contribution in [1.82, 2.24) is 15.5 Å². The molecule has 7 heteroatoms. The third-order valence-corrected chi connectivity index (χ3v) is 5.03. The highest BCUT2D eigenvalue weighted by atomic mass is 32.1. The lowest BCUT2D eigenvalue weighted by Crippen LogP contribution is -2.53. The molecule has 2 heterocycles. The second-order valence-electron chi connectivity index (χ2n) is 7.82. The van der Waals surface area contributed by atoms with Crippen molar-refractivity contribution in [2.75, 3.05) is 26.7 Å². The van der Waals surface area contributed by atoms with Gasteiger partial charge in [-0.2, -0.15) is 11.3 Å². The van der Waals surface area contributed by atoms with Crippen molar-refractivity contribution < 1.29 is 9.53 Å². The second kappa shape index (κ2) is 9.26. The van der Waals surface area contributed by atoms with Gasteiger partial charge < -0.3 is 20.3 Å². The standard InChI is InChI=1S/C19H32N4O2S/c1-14(15-8-10-26-13-15)11-21-17(20-5)22-16-7-6-9-23(12-16)18(24)25-19(2,3)4/h8,10,13-14,16H,6-7,9,11-12H2,1-5H3,(H2,20,21,22). The number of likely N-dealkylation sites (tertiary alicyclic amines) is 1. The largest absolute Gasteiger partial charge is 0.444 e. The van der Waals surface area contributed by atoms with Crippen LogP contribution in [0.5, 0.6) is 0 Å². The minimum atomic E-state index is -0.465. The summed E-state index contributed by atoms with van der Waals surface area (Å²) in [5, 5.41) is 11.1. The molecule has 1 amide bonds. The number of hydrogen-bond donors (Lipinski definition) is 2. The topological polar surface area (TPSA) is 66.0 Å². The quantitative estimate of drug-likeness (QED) is 0.620. The molecule has 6 nitrogen and oxygen atoms in total. The van der Waals surface area contributed by atoms with E-state index in [0.29, 0.717) is 12.5 Å². The van der Waals surface area contributed by atoms with Gasteiger partial charge in [0, 0.05) is 32.7 Å². The molecule has 1 aliphatic heterocycles. The molecule has 0 bridgehead atoms. The van der Waals surface area contributed by atoms with Crippen molar-refractivity contribution in [1.29, 1.82) is 0 Å². The van der Waals surface area contributed by atoms with Gasteiger partial charge in [0.1, 0.15) is 5.60 Å². The zero-order valence-electron chi connectivity index (χ0n) is 16.5. The molecule has 2 N–H and O–H groups in total. The summed E-state index contributed by atoms with van der Waals surface area (Å²) in [4.78, 5) is 18.4. The molecule has 0 spiro atoms. The summed E-state index contributed by atoms with van der Waals surface area (Å²) in [6.07, 6.45) is 1.73. The van der Waals surface area contributed by atoms with Gasteiger partial charge in [-0.25, -0.2) is 4.79 Å². The molecule has 0 saturated carbocycles. The number of carbonyl (C=O) groups is 1. The van der Waals surface area contributed by atoms with Gasteiger partial charge in [-0.15, -0.1) is 0 Å². The highest BCUT2D eigenvalue weighted by molar-refractivity contribution is 7.07. The maximum Gasteiger partial charge on any atom is 0.410 e. The molecule has 1 aromatic heterocycles. The van der Waals surface area contributed by atoms with Crippen molar-refractivity contribution >= 4 is 23.4 Å². The first-order chi connectivity index (χ1) is 12.3. The number of thiophene rings is 1. The van der Waals surface area contributed by atoms with E-state index in [2.05, 4.69) is 39.4 Å². The Kier molecular flexibility index (Phi) is 7.32. The van der Waals surface area contributed by atoms with E-state index in [9.17, 15) is 4.79 Å². The van der Waals surface area contributed by atoms with E-state index < -0.39 is 5.60 Å². The van der Waals surface area contributed by atoms with Gasteiger partial charge in [-0.3, -0.25) is 4.99 Å². The Morgan fingerprint density at radius 2 is 2.27 bits per heavy atom. The number of nitrogens with zero attached hydrogens (tertiary/aromatic N) is 2. The average Bonchev–Trinajstić information content (AvgIpc) is 3.11. The van der Waals surface area contributed by atoms with E-state index >= 15 is 0 Å². The fraction of sp³-hybridized carbons (Fsp3) is 0.684. The van der Waals surface area contributed by atoms with Gasteiger partial charge in [0.05, 0.1) is 0 Å². The van der Waals surface area contributed by atoms with Crippen LogP contribution in [0.25, 0.3) is 0 Å². The van der Waals surface area contributed by atoms with E-state index in [1.807, 2.05) is 20.8 Å². The monoisotopic (exact) mass is 380 g/mol. The van der Waals surface area contributed by atoms with Crippen molar-refractivity contribution in [2.45, 2.75) is 58.1 Å². The molecule has 1 aromatic rings. The van der Waals surface area contributed by atoms with Gasteiger partial charge in [0.2, 0.25) is 0 Å². The Bertz CT molecular complexity index is 595. The molecule has 26 heavy (non-hydrogen) atoms. The summed E-state index contributed by atoms with van der Waals surface area (Å²) in [6.45, 7) is 10.1. The number of piperidine rings is 1. The third kappa shape index (κ3) is 6.52. The van der Waals surface area contributed by atoms with Crippen LogP contribution in [-0.2, 0) is 4.74 Å². The molecular weight excluding hydrogens is 348 g/mol. The Labute approximate surface area is 161 Å². The molecule has 1 aliphatic rings. The Morgan fingerprint density at radius 3 is 2.88 bits per heavy atom. The van der Waals surface area contributed by atoms with Gasteiger partial charge in [-0.05, 0) is 61.9 Å². The summed E-state index contributed by atoms with van der Waals surface area (Å²) < 4.78 is 5.49. The number of hydrogen-bond acceptors (Lipinski definition) is 4. The molecule has 2 atom stereocenters. The van der Waals surface area contributed by atoms with Gasteiger partial charge in [0.15, 0.2) is 5.96 Å². The molecular formula is C19H32N4O2S. The van der Waals surface area contributed by atoms with Crippen LogP contribution in [0.1, 0.15) is 52.0 Å². The normalized spacial score (nSPS) is 19.8. The van der Waals surface area contributed by atoms with Crippen LogP contribution >= 0.6 is 11.3 Å². The predicted molar refractivity (Wildman–Crippen MR) is 108 cm³/mol. The van der Waals surface area contributed by atoms with Crippen molar-refractivity contribution in [2.24, 2.45) is 4.99 Å². The minimum absolute atomic E-state index is 0.180. The summed E-state index contributed by atoms with van der Waals surface area (Å²) in [5.41, 5.74) is 0.874. The number of amides is 1. The fourth-order valence-electron chi connectivity index (χ4n) is 2.90. The Morgan fingerprint density at radius 1 is 1.50 bits per heavy atom. The smallest absolute Gasteiger partial charge is 0.410 e. The van der Waals surface area contributed by atoms with Crippen molar-refractivity contribution in [3.8, 4) is 0 Å². The first-order valence-corrected chi connectivity index (χ1v) is 10.2. The van der Waals surface area contributed by atoms with E-state index in [1.165, 1.54) is 5.56 Å². The predicted octanol–water partition coefficient (Wildman–Crippen LogP) is 3.42. The summed E-state index contributed by atoms with van der Waals surface area (Å²) in [7, 11) is 1.78. The molecule has 1 fully saturated rings. The van der Waals surface area contributed by atoms with E-state index in [1.54, 1.807) is 23.3 Å². The summed E-state index contributed by atoms with van der Waals surface area (Å²) in [5.74, 6) is 1.20. The molecule has 146 valence electrons. The highest BCUT2D eigenvalue weighted by Gasteiger charge is 2.28. The summed E-state index contributed by atoms with van der Waals surface area (Å²) in [6, 6.07) is 2.34. The molecule has 1 saturated heterocycles. The SMILES string of the molecule is CN=C(NCC(C)c1ccsc1)NC1CCCN(C(=O)OC(C)(C)C)C1. The number of aliphatic imine (C=N–C) groups is 1. The molecule has 0 radical (unpaired) electrons. The Hall–Kier alpha value is -1.76. The van der Waals surface area contributed by atoms with Crippen LogP contribution in [0, 0.1) is 0 Å². The molecule has 0 aromatic carbocycles. The highest BCUT2D eigenvalue weighted by Crippen LogP contribution is 2.17. The zero-order chi connectivity index (χ0) is 19.2. The van der Waals surface area contributed by atoms with Crippen LogP contribution in [-0.4, -0.2) is 55.3 Å². The molecule has 0 aliphatic carbocycles. The maximum absolute atomic E-state index is 12.3. The lowest BCUT2D eigenvalue weighted by Gasteiger charge is -2.35. The number of nitrogens with one attached hydrogen (secondary N) is 2. The van der Waals surface area contributed by atoms with Gasteiger partial charge in [-0.1, -0.05) is 6.92 Å².